The second-order valence-corrected chi connectivity index (χ2v) is 15.8. The lowest BCUT2D eigenvalue weighted by Gasteiger charge is -2.29. The number of benzene rings is 1. The van der Waals surface area contributed by atoms with Gasteiger partial charge in [-0.15, -0.1) is 0 Å². The number of rotatable bonds is 30. The summed E-state index contributed by atoms with van der Waals surface area (Å²) in [5.74, 6) is -4.45. The Balaban J connectivity index is 1.55. The van der Waals surface area contributed by atoms with Crippen LogP contribution in [-0.4, -0.2) is 70.7 Å². The smallest absolute Gasteiger partial charge is 0.326 e. The lowest BCUT2D eigenvalue weighted by Crippen LogP contribution is -2.55. The lowest BCUT2D eigenvalue weighted by atomic mass is 9.83. The molecule has 0 heterocycles. The van der Waals surface area contributed by atoms with E-state index in [0.29, 0.717) is 32.1 Å². The molecule has 9 N–H and O–H groups in total. The van der Waals surface area contributed by atoms with Crippen molar-refractivity contribution in [2.45, 2.75) is 179 Å². The van der Waals surface area contributed by atoms with Gasteiger partial charge in [-0.25, -0.2) is 4.79 Å². The van der Waals surface area contributed by atoms with Gasteiger partial charge in [-0.3, -0.25) is 28.8 Å². The first-order chi connectivity index (χ1) is 27.3. The van der Waals surface area contributed by atoms with Crippen molar-refractivity contribution in [1.82, 2.24) is 21.3 Å². The summed E-state index contributed by atoms with van der Waals surface area (Å²) in [5, 5.41) is 20.5. The highest BCUT2D eigenvalue weighted by Gasteiger charge is 2.34. The van der Waals surface area contributed by atoms with Crippen LogP contribution in [0.2, 0.25) is 0 Å². The summed E-state index contributed by atoms with van der Waals surface area (Å²) in [6, 6.07) is 5.43. The van der Waals surface area contributed by atoms with E-state index < -0.39 is 60.2 Å². The number of primary amides is 2. The van der Waals surface area contributed by atoms with Crippen molar-refractivity contribution in [3.05, 3.63) is 35.9 Å². The van der Waals surface area contributed by atoms with Crippen LogP contribution in [0.1, 0.15) is 154 Å². The van der Waals surface area contributed by atoms with E-state index in [1.807, 2.05) is 44.2 Å². The van der Waals surface area contributed by atoms with Crippen LogP contribution in [0.3, 0.4) is 0 Å². The lowest BCUT2D eigenvalue weighted by molar-refractivity contribution is -0.144. The van der Waals surface area contributed by atoms with E-state index >= 15 is 0 Å². The van der Waals surface area contributed by atoms with Gasteiger partial charge in [0.1, 0.15) is 24.2 Å². The number of hydrogen-bond acceptors (Lipinski definition) is 7. The third kappa shape index (κ3) is 20.5. The highest BCUT2D eigenvalue weighted by atomic mass is 16.4. The number of amides is 6. The van der Waals surface area contributed by atoms with Crippen molar-refractivity contribution in [2.24, 2.45) is 23.3 Å². The highest BCUT2D eigenvalue weighted by Crippen LogP contribution is 2.27. The minimum Gasteiger partial charge on any atom is -0.480 e. The second-order valence-electron chi connectivity index (χ2n) is 15.8. The minimum atomic E-state index is -1.21. The maximum Gasteiger partial charge on any atom is 0.326 e. The Morgan fingerprint density at radius 1 is 0.667 bits per heavy atom. The summed E-state index contributed by atoms with van der Waals surface area (Å²) in [5.41, 5.74) is 11.8. The molecule has 57 heavy (non-hydrogen) atoms. The Hall–Kier alpha value is -4.49. The fraction of sp³-hybridized carbons (Fsp3) is 0.698. The number of aliphatic carboxylic acids is 1. The van der Waals surface area contributed by atoms with E-state index in [4.69, 9.17) is 11.5 Å². The number of carboxylic acid groups (broad SMARTS) is 1. The van der Waals surface area contributed by atoms with Gasteiger partial charge in [0.15, 0.2) is 0 Å². The largest absolute Gasteiger partial charge is 0.480 e. The van der Waals surface area contributed by atoms with Crippen molar-refractivity contribution in [3.8, 4) is 0 Å². The van der Waals surface area contributed by atoms with Gasteiger partial charge in [0.05, 0.1) is 6.42 Å². The van der Waals surface area contributed by atoms with Crippen LogP contribution in [-0.2, 0) is 40.0 Å². The summed E-state index contributed by atoms with van der Waals surface area (Å²) in [6.07, 6.45) is 17.2. The summed E-state index contributed by atoms with van der Waals surface area (Å²) >= 11 is 0. The van der Waals surface area contributed by atoms with Gasteiger partial charge < -0.3 is 37.8 Å². The van der Waals surface area contributed by atoms with Gasteiger partial charge >= 0.3 is 5.97 Å². The molecule has 0 radical (unpaired) electrons. The van der Waals surface area contributed by atoms with Crippen LogP contribution >= 0.6 is 0 Å². The average Bonchev–Trinajstić information content (AvgIpc) is 3.18. The third-order valence-electron chi connectivity index (χ3n) is 11.1. The highest BCUT2D eigenvalue weighted by molar-refractivity contribution is 5.94. The van der Waals surface area contributed by atoms with Gasteiger partial charge in [0.25, 0.3) is 0 Å². The number of carboxylic acids is 1. The van der Waals surface area contributed by atoms with Gasteiger partial charge in [-0.1, -0.05) is 134 Å². The van der Waals surface area contributed by atoms with Crippen LogP contribution in [0.5, 0.6) is 0 Å². The SMILES string of the molecule is CCC(C)[C@H](NC(=O)CCCCCCCCCCCCCCC(=O)N[C@@H](CC(N)=O)C(=O)N[C@H](C(=O)O)C1CCCCC1)C(=O)N[C@@H](Cc1ccccc1)C(N)=O. The zero-order valence-electron chi connectivity index (χ0n) is 34.4. The Labute approximate surface area is 339 Å². The molecule has 1 aromatic carbocycles. The van der Waals surface area contributed by atoms with E-state index in [1.54, 1.807) is 0 Å². The molecular weight excluding hydrogens is 729 g/mol. The first-order valence-electron chi connectivity index (χ1n) is 21.4. The molecule has 14 nitrogen and oxygen atoms in total. The number of unbranched alkanes of at least 4 members (excludes halogenated alkanes) is 11. The zero-order chi connectivity index (χ0) is 42.0. The fourth-order valence-electron chi connectivity index (χ4n) is 7.40. The zero-order valence-corrected chi connectivity index (χ0v) is 34.4. The van der Waals surface area contributed by atoms with Crippen LogP contribution in [0, 0.1) is 11.8 Å². The summed E-state index contributed by atoms with van der Waals surface area (Å²) in [4.78, 5) is 87.0. The first kappa shape index (κ1) is 48.7. The quantitative estimate of drug-likeness (QED) is 0.0537. The van der Waals surface area contributed by atoms with Gasteiger partial charge in [0, 0.05) is 19.3 Å². The molecule has 0 bridgehead atoms. The van der Waals surface area contributed by atoms with E-state index in [9.17, 15) is 38.7 Å². The summed E-state index contributed by atoms with van der Waals surface area (Å²) < 4.78 is 0. The summed E-state index contributed by atoms with van der Waals surface area (Å²) in [6.45, 7) is 3.85. The monoisotopic (exact) mass is 799 g/mol. The topological polar surface area (TPSA) is 240 Å². The number of nitrogens with one attached hydrogen (secondary N) is 4. The van der Waals surface area contributed by atoms with Gasteiger partial charge in [0.2, 0.25) is 35.4 Å². The Morgan fingerprint density at radius 3 is 1.65 bits per heavy atom. The molecule has 1 fully saturated rings. The number of carbonyl (C=O) groups is 7. The predicted molar refractivity (Wildman–Crippen MR) is 219 cm³/mol. The van der Waals surface area contributed by atoms with Gasteiger partial charge in [-0.05, 0) is 43.1 Å². The standard InChI is InChI=1S/C43H70N6O8/c1-3-30(2)38(42(55)47-33(40(45)53)28-31-22-16-14-17-23-31)48-37(52)27-21-13-11-9-7-5-4-6-8-10-12-20-26-36(51)46-34(29-35(44)50)41(54)49-39(43(56)57)32-24-18-15-19-25-32/h14,16-17,22-23,30,32-34,38-39H,3-13,15,18-21,24-29H2,1-2H3,(H2,44,50)(H2,45,53)(H,46,51)(H,47,55)(H,48,52)(H,49,54)(H,56,57)/t30?,33-,34-,38-,39-/m0/s1. The normalized spacial score (nSPS) is 15.6. The molecule has 1 aromatic rings. The van der Waals surface area contributed by atoms with Crippen LogP contribution in [0.15, 0.2) is 30.3 Å². The molecule has 1 aliphatic carbocycles. The first-order valence-corrected chi connectivity index (χ1v) is 21.4. The number of carbonyl (C=O) groups excluding carboxylic acids is 6. The Bertz CT molecular complexity index is 1400. The molecule has 0 spiro atoms. The molecule has 0 saturated heterocycles. The van der Waals surface area contributed by atoms with Crippen LogP contribution < -0.4 is 32.7 Å². The van der Waals surface area contributed by atoms with E-state index in [0.717, 1.165) is 95.5 Å². The minimum absolute atomic E-state index is 0.117. The molecular formula is C43H70N6O8. The molecule has 320 valence electrons. The Kier molecular flexibility index (Phi) is 23.9. The number of nitrogens with two attached hydrogens (primary N) is 2. The number of hydrogen-bond donors (Lipinski definition) is 7. The van der Waals surface area contributed by atoms with Crippen LogP contribution in [0.4, 0.5) is 0 Å². The molecule has 6 amide bonds. The van der Waals surface area contributed by atoms with Crippen molar-refractivity contribution < 1.29 is 38.7 Å². The molecule has 14 heteroatoms. The summed E-state index contributed by atoms with van der Waals surface area (Å²) in [7, 11) is 0. The van der Waals surface area contributed by atoms with Crippen LogP contribution in [0.25, 0.3) is 0 Å². The molecule has 1 saturated carbocycles. The Morgan fingerprint density at radius 2 is 1.18 bits per heavy atom. The maximum atomic E-state index is 13.2. The fourth-order valence-corrected chi connectivity index (χ4v) is 7.40. The van der Waals surface area contributed by atoms with E-state index in [1.165, 1.54) is 0 Å². The van der Waals surface area contributed by atoms with Crippen molar-refractivity contribution in [3.63, 3.8) is 0 Å². The predicted octanol–water partition coefficient (Wildman–Crippen LogP) is 4.70. The van der Waals surface area contributed by atoms with E-state index in [2.05, 4.69) is 21.3 Å². The second kappa shape index (κ2) is 28.0. The van der Waals surface area contributed by atoms with E-state index in [-0.39, 0.29) is 36.5 Å². The maximum absolute atomic E-state index is 13.2. The van der Waals surface area contributed by atoms with Crippen molar-refractivity contribution >= 4 is 41.4 Å². The van der Waals surface area contributed by atoms with Crippen molar-refractivity contribution in [1.29, 1.82) is 0 Å². The molecule has 2 rings (SSSR count). The molecule has 1 unspecified atom stereocenters. The molecule has 1 aliphatic rings. The molecule has 5 atom stereocenters. The third-order valence-corrected chi connectivity index (χ3v) is 11.1. The average molecular weight is 799 g/mol. The van der Waals surface area contributed by atoms with Crippen molar-refractivity contribution in [2.75, 3.05) is 0 Å². The molecule has 0 aliphatic heterocycles. The molecule has 0 aromatic heterocycles. The van der Waals surface area contributed by atoms with Gasteiger partial charge in [-0.2, -0.15) is 0 Å².